The first-order chi connectivity index (χ1) is 14.8. The molecular formula is C19H20N4O8. The summed E-state index contributed by atoms with van der Waals surface area (Å²) >= 11 is 0. The van der Waals surface area contributed by atoms with Gasteiger partial charge in [-0.15, -0.1) is 0 Å². The number of carbonyl (C=O) groups excluding carboxylic acids is 3. The lowest BCUT2D eigenvalue weighted by atomic mass is 10.1. The van der Waals surface area contributed by atoms with Crippen molar-refractivity contribution < 1.29 is 33.5 Å². The lowest BCUT2D eigenvalue weighted by Gasteiger charge is -2.14. The molecule has 31 heavy (non-hydrogen) atoms. The highest BCUT2D eigenvalue weighted by Gasteiger charge is 2.18. The normalized spacial score (nSPS) is 9.90. The first kappa shape index (κ1) is 22.9. The molecule has 0 aliphatic rings. The number of hydrogen-bond donors (Lipinski definition) is 3. The quantitative estimate of drug-likeness (QED) is 0.408. The number of benzene rings is 2. The van der Waals surface area contributed by atoms with Gasteiger partial charge in [-0.05, 0) is 18.2 Å². The molecule has 0 atom stereocenters. The Kier molecular flexibility index (Phi) is 7.72. The van der Waals surface area contributed by atoms with E-state index in [0.29, 0.717) is 5.75 Å². The van der Waals surface area contributed by atoms with Gasteiger partial charge in [0.15, 0.2) is 11.5 Å². The Bertz CT molecular complexity index is 983. The molecule has 2 aromatic rings. The van der Waals surface area contributed by atoms with Gasteiger partial charge in [-0.1, -0.05) is 6.07 Å². The lowest BCUT2D eigenvalue weighted by Crippen LogP contribution is -2.46. The monoisotopic (exact) mass is 432 g/mol. The van der Waals surface area contributed by atoms with Gasteiger partial charge in [0, 0.05) is 23.3 Å². The van der Waals surface area contributed by atoms with Crippen LogP contribution < -0.4 is 30.4 Å². The Morgan fingerprint density at radius 1 is 0.903 bits per heavy atom. The van der Waals surface area contributed by atoms with Crippen molar-refractivity contribution in [2.24, 2.45) is 0 Å². The highest BCUT2D eigenvalue weighted by atomic mass is 16.6. The molecule has 12 heteroatoms. The first-order valence-corrected chi connectivity index (χ1v) is 8.72. The van der Waals surface area contributed by atoms with Crippen LogP contribution in [0.3, 0.4) is 0 Å². The summed E-state index contributed by atoms with van der Waals surface area (Å²) in [6.07, 6.45) is 0. The average Bonchev–Trinajstić information content (AvgIpc) is 2.79. The van der Waals surface area contributed by atoms with E-state index in [1.807, 2.05) is 0 Å². The summed E-state index contributed by atoms with van der Waals surface area (Å²) in [5, 5.41) is 13.1. The molecule has 0 radical (unpaired) electrons. The van der Waals surface area contributed by atoms with Gasteiger partial charge in [0.05, 0.1) is 32.8 Å². The van der Waals surface area contributed by atoms with Crippen molar-refractivity contribution in [3.05, 3.63) is 57.6 Å². The molecule has 2 aromatic carbocycles. The molecule has 2 rings (SSSR count). The zero-order valence-corrected chi connectivity index (χ0v) is 16.9. The van der Waals surface area contributed by atoms with Crippen molar-refractivity contribution in [1.29, 1.82) is 0 Å². The maximum atomic E-state index is 12.4. The van der Waals surface area contributed by atoms with E-state index in [-0.39, 0.29) is 28.3 Å². The second-order valence-electron chi connectivity index (χ2n) is 5.91. The third-order valence-corrected chi connectivity index (χ3v) is 3.97. The summed E-state index contributed by atoms with van der Waals surface area (Å²) in [6.45, 7) is -0.454. The van der Waals surface area contributed by atoms with E-state index in [4.69, 9.17) is 14.2 Å². The molecule has 0 aliphatic heterocycles. The predicted molar refractivity (Wildman–Crippen MR) is 107 cm³/mol. The van der Waals surface area contributed by atoms with E-state index >= 15 is 0 Å². The third-order valence-electron chi connectivity index (χ3n) is 3.97. The number of nitrogens with one attached hydrogen (secondary N) is 3. The Labute approximate surface area is 176 Å². The van der Waals surface area contributed by atoms with Crippen molar-refractivity contribution in [2.45, 2.75) is 0 Å². The Morgan fingerprint density at radius 2 is 1.55 bits per heavy atom. The van der Waals surface area contributed by atoms with Crippen molar-refractivity contribution >= 4 is 23.4 Å². The van der Waals surface area contributed by atoms with Crippen LogP contribution in [0.5, 0.6) is 17.2 Å². The molecule has 0 aromatic heterocycles. The number of non-ortho nitro benzene ring substituents is 1. The summed E-state index contributed by atoms with van der Waals surface area (Å²) in [5.74, 6) is -1.24. The number of methoxy groups -OCH3 is 3. The fraction of sp³-hybridized carbons (Fsp3) is 0.211. The van der Waals surface area contributed by atoms with Crippen molar-refractivity contribution in [3.8, 4) is 17.2 Å². The predicted octanol–water partition coefficient (Wildman–Crippen LogP) is 0.812. The highest BCUT2D eigenvalue weighted by molar-refractivity contribution is 5.99. The number of carbonyl (C=O) groups is 3. The molecule has 0 saturated carbocycles. The maximum Gasteiger partial charge on any atom is 0.270 e. The number of nitrogens with zero attached hydrogens (tertiary/aromatic N) is 1. The third kappa shape index (κ3) is 5.82. The summed E-state index contributed by atoms with van der Waals surface area (Å²) in [7, 11) is 4.22. The number of hydrazine groups is 1. The van der Waals surface area contributed by atoms with Gasteiger partial charge in [-0.3, -0.25) is 35.3 Å². The molecule has 0 fully saturated rings. The molecule has 0 spiro atoms. The SMILES string of the molecule is COc1cc(C(=O)NCC(=O)NNC(=O)c2cccc([N+](=O)[O-])c2)cc(OC)c1OC. The second-order valence-corrected chi connectivity index (χ2v) is 5.91. The molecular weight excluding hydrogens is 412 g/mol. The van der Waals surface area contributed by atoms with Crippen LogP contribution in [-0.4, -0.2) is 50.5 Å². The van der Waals surface area contributed by atoms with E-state index in [1.54, 1.807) is 0 Å². The van der Waals surface area contributed by atoms with Crippen LogP contribution in [0.2, 0.25) is 0 Å². The molecule has 0 bridgehead atoms. The fourth-order valence-electron chi connectivity index (χ4n) is 2.48. The number of amides is 3. The molecule has 3 amide bonds. The molecule has 0 aliphatic carbocycles. The van der Waals surface area contributed by atoms with Gasteiger partial charge in [-0.25, -0.2) is 0 Å². The van der Waals surface area contributed by atoms with Gasteiger partial charge >= 0.3 is 0 Å². The van der Waals surface area contributed by atoms with Crippen LogP contribution in [0.1, 0.15) is 20.7 Å². The minimum absolute atomic E-state index is 0.0176. The smallest absolute Gasteiger partial charge is 0.270 e. The Balaban J connectivity index is 1.94. The number of hydrogen-bond acceptors (Lipinski definition) is 8. The molecule has 0 saturated heterocycles. The summed E-state index contributed by atoms with van der Waals surface area (Å²) in [5.41, 5.74) is 4.09. The van der Waals surface area contributed by atoms with Gasteiger partial charge in [0.1, 0.15) is 0 Å². The number of nitro groups is 1. The molecule has 12 nitrogen and oxygen atoms in total. The number of nitro benzene ring substituents is 1. The van der Waals surface area contributed by atoms with E-state index in [1.165, 1.54) is 51.7 Å². The summed E-state index contributed by atoms with van der Waals surface area (Å²) in [4.78, 5) is 46.4. The van der Waals surface area contributed by atoms with E-state index in [9.17, 15) is 24.5 Å². The molecule has 164 valence electrons. The van der Waals surface area contributed by atoms with Crippen LogP contribution in [0.4, 0.5) is 5.69 Å². The molecule has 0 unspecified atom stereocenters. The van der Waals surface area contributed by atoms with Crippen LogP contribution in [0, 0.1) is 10.1 Å². The summed E-state index contributed by atoms with van der Waals surface area (Å²) < 4.78 is 15.5. The maximum absolute atomic E-state index is 12.4. The number of ether oxygens (including phenoxy) is 3. The van der Waals surface area contributed by atoms with Gasteiger partial charge < -0.3 is 19.5 Å². The minimum Gasteiger partial charge on any atom is -0.493 e. The van der Waals surface area contributed by atoms with Crippen LogP contribution in [0.25, 0.3) is 0 Å². The highest BCUT2D eigenvalue weighted by Crippen LogP contribution is 2.38. The van der Waals surface area contributed by atoms with E-state index < -0.39 is 29.2 Å². The van der Waals surface area contributed by atoms with E-state index in [0.717, 1.165) is 6.07 Å². The Hall–Kier alpha value is -4.35. The van der Waals surface area contributed by atoms with Gasteiger partial charge in [0.25, 0.3) is 23.4 Å². The second kappa shape index (κ2) is 10.4. The molecule has 3 N–H and O–H groups in total. The zero-order chi connectivity index (χ0) is 23.0. The molecule has 0 heterocycles. The fourth-order valence-corrected chi connectivity index (χ4v) is 2.48. The van der Waals surface area contributed by atoms with Crippen LogP contribution in [0.15, 0.2) is 36.4 Å². The minimum atomic E-state index is -0.756. The standard InChI is InChI=1S/C19H20N4O8/c1-29-14-8-12(9-15(30-2)17(14)31-3)18(25)20-10-16(24)21-22-19(26)11-5-4-6-13(7-11)23(27)28/h4-9H,10H2,1-3H3,(H,20,25)(H,21,24)(H,22,26). The zero-order valence-electron chi connectivity index (χ0n) is 16.9. The average molecular weight is 432 g/mol. The first-order valence-electron chi connectivity index (χ1n) is 8.72. The van der Waals surface area contributed by atoms with E-state index in [2.05, 4.69) is 16.2 Å². The summed E-state index contributed by atoms with van der Waals surface area (Å²) in [6, 6.07) is 7.81. The van der Waals surface area contributed by atoms with Gasteiger partial charge in [0.2, 0.25) is 5.75 Å². The van der Waals surface area contributed by atoms with Crippen LogP contribution in [-0.2, 0) is 4.79 Å². The topological polar surface area (TPSA) is 158 Å². The lowest BCUT2D eigenvalue weighted by molar-refractivity contribution is -0.384. The van der Waals surface area contributed by atoms with Crippen molar-refractivity contribution in [2.75, 3.05) is 27.9 Å². The van der Waals surface area contributed by atoms with Crippen molar-refractivity contribution in [3.63, 3.8) is 0 Å². The Morgan fingerprint density at radius 3 is 2.10 bits per heavy atom. The van der Waals surface area contributed by atoms with Gasteiger partial charge in [-0.2, -0.15) is 0 Å². The van der Waals surface area contributed by atoms with Crippen molar-refractivity contribution in [1.82, 2.24) is 16.2 Å². The van der Waals surface area contributed by atoms with Crippen LogP contribution >= 0.6 is 0 Å². The number of rotatable bonds is 8. The largest absolute Gasteiger partial charge is 0.493 e.